The molecule has 0 fully saturated rings. The van der Waals surface area contributed by atoms with Crippen LogP contribution in [0.3, 0.4) is 0 Å². The minimum absolute atomic E-state index is 0.104. The van der Waals surface area contributed by atoms with Crippen molar-refractivity contribution >= 4 is 6.09 Å². The number of nitrogens with two attached hydrogens (primary N) is 1. The fourth-order valence-electron chi connectivity index (χ4n) is 1.62. The van der Waals surface area contributed by atoms with Gasteiger partial charge in [-0.15, -0.1) is 0 Å². The number of primary amides is 1. The second-order valence-electron chi connectivity index (χ2n) is 3.85. The SMILES string of the molecule is CC(C)C1C=CC(OC(N)=O)CC1. The van der Waals surface area contributed by atoms with E-state index in [4.69, 9.17) is 10.5 Å². The summed E-state index contributed by atoms with van der Waals surface area (Å²) < 4.78 is 4.87. The zero-order valence-electron chi connectivity index (χ0n) is 8.19. The molecule has 74 valence electrons. The predicted molar refractivity (Wildman–Crippen MR) is 51.2 cm³/mol. The van der Waals surface area contributed by atoms with Crippen LogP contribution in [0, 0.1) is 11.8 Å². The second kappa shape index (κ2) is 4.30. The highest BCUT2D eigenvalue weighted by Gasteiger charge is 2.19. The van der Waals surface area contributed by atoms with Crippen molar-refractivity contribution in [3.63, 3.8) is 0 Å². The Kier molecular flexibility index (Phi) is 3.34. The van der Waals surface area contributed by atoms with Crippen LogP contribution in [0.15, 0.2) is 12.2 Å². The molecule has 0 radical (unpaired) electrons. The number of carbonyl (C=O) groups is 1. The van der Waals surface area contributed by atoms with Crippen molar-refractivity contribution in [3.05, 3.63) is 12.2 Å². The number of ether oxygens (including phenoxy) is 1. The summed E-state index contributed by atoms with van der Waals surface area (Å²) in [6.45, 7) is 4.40. The second-order valence-corrected chi connectivity index (χ2v) is 3.85. The van der Waals surface area contributed by atoms with E-state index >= 15 is 0 Å². The molecule has 0 aromatic carbocycles. The summed E-state index contributed by atoms with van der Waals surface area (Å²) in [5, 5.41) is 0. The van der Waals surface area contributed by atoms with Crippen molar-refractivity contribution in [1.82, 2.24) is 0 Å². The van der Waals surface area contributed by atoms with Gasteiger partial charge in [0, 0.05) is 0 Å². The van der Waals surface area contributed by atoms with Gasteiger partial charge in [0.05, 0.1) is 0 Å². The smallest absolute Gasteiger partial charge is 0.405 e. The lowest BCUT2D eigenvalue weighted by atomic mass is 9.86. The lowest BCUT2D eigenvalue weighted by molar-refractivity contribution is 0.116. The molecule has 0 saturated carbocycles. The minimum Gasteiger partial charge on any atom is -0.442 e. The van der Waals surface area contributed by atoms with Gasteiger partial charge in [0.2, 0.25) is 0 Å². The van der Waals surface area contributed by atoms with Gasteiger partial charge >= 0.3 is 6.09 Å². The molecule has 0 saturated heterocycles. The Morgan fingerprint density at radius 3 is 2.54 bits per heavy atom. The van der Waals surface area contributed by atoms with E-state index in [1.54, 1.807) is 0 Å². The van der Waals surface area contributed by atoms with Crippen LogP contribution in [0.1, 0.15) is 26.7 Å². The summed E-state index contributed by atoms with van der Waals surface area (Å²) in [5.74, 6) is 1.28. The van der Waals surface area contributed by atoms with Crippen molar-refractivity contribution in [2.45, 2.75) is 32.8 Å². The van der Waals surface area contributed by atoms with Crippen LogP contribution in [0.2, 0.25) is 0 Å². The summed E-state index contributed by atoms with van der Waals surface area (Å²) in [6.07, 6.45) is 5.25. The maximum atomic E-state index is 10.4. The van der Waals surface area contributed by atoms with Crippen LogP contribution in [-0.2, 0) is 4.74 Å². The molecule has 2 atom stereocenters. The number of hydrogen-bond donors (Lipinski definition) is 1. The molecule has 2 N–H and O–H groups in total. The Balaban J connectivity index is 2.42. The van der Waals surface area contributed by atoms with E-state index in [1.807, 2.05) is 6.08 Å². The Labute approximate surface area is 78.9 Å². The zero-order valence-corrected chi connectivity index (χ0v) is 8.19. The average Bonchev–Trinajstić information content (AvgIpc) is 2.04. The van der Waals surface area contributed by atoms with E-state index in [1.165, 1.54) is 0 Å². The fraction of sp³-hybridized carbons (Fsp3) is 0.700. The molecular formula is C10H17NO2. The molecule has 1 aliphatic carbocycles. The van der Waals surface area contributed by atoms with E-state index in [9.17, 15) is 4.79 Å². The Hall–Kier alpha value is -0.990. The maximum Gasteiger partial charge on any atom is 0.405 e. The van der Waals surface area contributed by atoms with E-state index in [0.717, 1.165) is 12.8 Å². The van der Waals surface area contributed by atoms with Crippen LogP contribution in [0.25, 0.3) is 0 Å². The average molecular weight is 183 g/mol. The monoisotopic (exact) mass is 183 g/mol. The number of amides is 1. The van der Waals surface area contributed by atoms with Crippen molar-refractivity contribution in [3.8, 4) is 0 Å². The predicted octanol–water partition coefficient (Wildman–Crippen LogP) is 2.07. The van der Waals surface area contributed by atoms with Gasteiger partial charge < -0.3 is 10.5 Å². The van der Waals surface area contributed by atoms with Crippen molar-refractivity contribution in [1.29, 1.82) is 0 Å². The number of rotatable bonds is 2. The van der Waals surface area contributed by atoms with E-state index in [0.29, 0.717) is 11.8 Å². The quantitative estimate of drug-likeness (QED) is 0.666. The first-order valence-electron chi connectivity index (χ1n) is 4.74. The first-order valence-corrected chi connectivity index (χ1v) is 4.74. The molecule has 1 aliphatic rings. The highest BCUT2D eigenvalue weighted by atomic mass is 16.6. The first kappa shape index (κ1) is 10.1. The molecule has 0 spiro atoms. The van der Waals surface area contributed by atoms with Crippen LogP contribution < -0.4 is 5.73 Å². The van der Waals surface area contributed by atoms with E-state index in [-0.39, 0.29) is 6.10 Å². The molecule has 2 unspecified atom stereocenters. The summed E-state index contributed by atoms with van der Waals surface area (Å²) in [5.41, 5.74) is 4.92. The summed E-state index contributed by atoms with van der Waals surface area (Å²) in [4.78, 5) is 10.4. The molecule has 1 rings (SSSR count). The molecule has 3 heteroatoms. The largest absolute Gasteiger partial charge is 0.442 e. The molecule has 0 aromatic heterocycles. The van der Waals surface area contributed by atoms with Gasteiger partial charge in [-0.05, 0) is 30.8 Å². The molecule has 0 heterocycles. The lowest BCUT2D eigenvalue weighted by Gasteiger charge is -2.24. The Morgan fingerprint density at radius 2 is 2.15 bits per heavy atom. The van der Waals surface area contributed by atoms with Crippen molar-refractivity contribution < 1.29 is 9.53 Å². The van der Waals surface area contributed by atoms with Crippen molar-refractivity contribution in [2.24, 2.45) is 17.6 Å². The molecule has 0 bridgehead atoms. The fourth-order valence-corrected chi connectivity index (χ4v) is 1.62. The minimum atomic E-state index is -0.683. The lowest BCUT2D eigenvalue weighted by Crippen LogP contribution is -2.25. The molecule has 0 aliphatic heterocycles. The van der Waals surface area contributed by atoms with Gasteiger partial charge in [-0.2, -0.15) is 0 Å². The third kappa shape index (κ3) is 3.09. The Morgan fingerprint density at radius 1 is 1.46 bits per heavy atom. The van der Waals surface area contributed by atoms with Crippen LogP contribution in [0.4, 0.5) is 4.79 Å². The Bertz CT molecular complexity index is 211. The highest BCUT2D eigenvalue weighted by Crippen LogP contribution is 2.25. The normalized spacial score (nSPS) is 27.6. The molecule has 1 amide bonds. The maximum absolute atomic E-state index is 10.4. The number of allylic oxidation sites excluding steroid dienone is 1. The number of carbonyl (C=O) groups excluding carboxylic acids is 1. The number of hydrogen-bond acceptors (Lipinski definition) is 2. The summed E-state index contributed by atoms with van der Waals surface area (Å²) in [7, 11) is 0. The van der Waals surface area contributed by atoms with Crippen LogP contribution >= 0.6 is 0 Å². The summed E-state index contributed by atoms with van der Waals surface area (Å²) in [6, 6.07) is 0. The van der Waals surface area contributed by atoms with Gasteiger partial charge in [-0.1, -0.05) is 19.9 Å². The standard InChI is InChI=1S/C10H17NO2/c1-7(2)8-3-5-9(6-4-8)13-10(11)12/h3,5,7-9H,4,6H2,1-2H3,(H2,11,12). The van der Waals surface area contributed by atoms with Crippen LogP contribution in [0.5, 0.6) is 0 Å². The van der Waals surface area contributed by atoms with Gasteiger partial charge in [-0.3, -0.25) is 0 Å². The molecule has 3 nitrogen and oxygen atoms in total. The first-order chi connectivity index (χ1) is 6.09. The van der Waals surface area contributed by atoms with Crippen LogP contribution in [-0.4, -0.2) is 12.2 Å². The molecule has 13 heavy (non-hydrogen) atoms. The summed E-state index contributed by atoms with van der Waals surface area (Å²) >= 11 is 0. The highest BCUT2D eigenvalue weighted by molar-refractivity contribution is 5.65. The third-order valence-electron chi connectivity index (χ3n) is 2.48. The molecular weight excluding hydrogens is 166 g/mol. The van der Waals surface area contributed by atoms with Gasteiger partial charge in [0.1, 0.15) is 6.10 Å². The topological polar surface area (TPSA) is 52.3 Å². The van der Waals surface area contributed by atoms with Gasteiger partial charge in [0.25, 0.3) is 0 Å². The van der Waals surface area contributed by atoms with E-state index < -0.39 is 6.09 Å². The van der Waals surface area contributed by atoms with Gasteiger partial charge in [0.15, 0.2) is 0 Å². The van der Waals surface area contributed by atoms with E-state index in [2.05, 4.69) is 19.9 Å². The zero-order chi connectivity index (χ0) is 9.84. The molecule has 0 aromatic rings. The van der Waals surface area contributed by atoms with Crippen molar-refractivity contribution in [2.75, 3.05) is 0 Å². The third-order valence-corrected chi connectivity index (χ3v) is 2.48. The van der Waals surface area contributed by atoms with Gasteiger partial charge in [-0.25, -0.2) is 4.79 Å².